The molecule has 3 rings (SSSR count). The number of ether oxygens (including phenoxy) is 2. The maximum atomic E-state index is 6.40. The molecule has 1 unspecified atom stereocenters. The highest BCUT2D eigenvalue weighted by atomic mass is 35.5. The number of rotatable bonds is 6. The quantitative estimate of drug-likeness (QED) is 0.807. The summed E-state index contributed by atoms with van der Waals surface area (Å²) < 4.78 is 13.2. The Hall–Kier alpha value is -1.47. The molecule has 26 heavy (non-hydrogen) atoms. The molecule has 2 aromatic rings. The van der Waals surface area contributed by atoms with Crippen molar-refractivity contribution in [3.63, 3.8) is 0 Å². The van der Waals surface area contributed by atoms with E-state index in [-0.39, 0.29) is 18.4 Å². The Morgan fingerprint density at radius 2 is 2.19 bits per heavy atom. The molecule has 1 aromatic heterocycles. The van der Waals surface area contributed by atoms with E-state index in [0.29, 0.717) is 23.1 Å². The highest BCUT2D eigenvalue weighted by Gasteiger charge is 2.27. The van der Waals surface area contributed by atoms with Crippen LogP contribution in [-0.4, -0.2) is 47.8 Å². The second-order valence-corrected chi connectivity index (χ2v) is 6.54. The number of hydrogen-bond acceptors (Lipinski definition) is 5. The Morgan fingerprint density at radius 1 is 1.38 bits per heavy atom. The summed E-state index contributed by atoms with van der Waals surface area (Å²) in [5, 5.41) is 4.04. The minimum Gasteiger partial charge on any atom is -0.491 e. The average molecular weight is 401 g/mol. The van der Waals surface area contributed by atoms with Crippen LogP contribution in [0.2, 0.25) is 5.02 Å². The highest BCUT2D eigenvalue weighted by molar-refractivity contribution is 6.32. The SMILES string of the molecule is CCOc1cc(CN2CCNCC2c2nccn2C)cc(Cl)c1OC.Cl. The molecule has 8 heteroatoms. The minimum absolute atomic E-state index is 0. The summed E-state index contributed by atoms with van der Waals surface area (Å²) >= 11 is 6.40. The first kappa shape index (κ1) is 20.8. The van der Waals surface area contributed by atoms with Crippen molar-refractivity contribution in [2.75, 3.05) is 33.4 Å². The molecule has 0 saturated carbocycles. The van der Waals surface area contributed by atoms with Crippen LogP contribution in [0.15, 0.2) is 24.5 Å². The van der Waals surface area contributed by atoms with Gasteiger partial charge in [-0.15, -0.1) is 12.4 Å². The van der Waals surface area contributed by atoms with Crippen molar-refractivity contribution in [1.82, 2.24) is 19.8 Å². The van der Waals surface area contributed by atoms with E-state index >= 15 is 0 Å². The zero-order valence-electron chi connectivity index (χ0n) is 15.4. The van der Waals surface area contributed by atoms with Crippen molar-refractivity contribution in [2.45, 2.75) is 19.5 Å². The fraction of sp³-hybridized carbons (Fsp3) is 0.500. The third kappa shape index (κ3) is 4.43. The molecule has 0 spiro atoms. The molecule has 0 bridgehead atoms. The lowest BCUT2D eigenvalue weighted by molar-refractivity contribution is 0.144. The fourth-order valence-electron chi connectivity index (χ4n) is 3.30. The summed E-state index contributed by atoms with van der Waals surface area (Å²) in [5.41, 5.74) is 1.11. The van der Waals surface area contributed by atoms with Crippen LogP contribution in [0.1, 0.15) is 24.4 Å². The van der Waals surface area contributed by atoms with Crippen molar-refractivity contribution in [2.24, 2.45) is 7.05 Å². The van der Waals surface area contributed by atoms with Gasteiger partial charge in [0.05, 0.1) is 24.8 Å². The largest absolute Gasteiger partial charge is 0.491 e. The first-order valence-electron chi connectivity index (χ1n) is 8.55. The molecule has 0 radical (unpaired) electrons. The van der Waals surface area contributed by atoms with Gasteiger partial charge in [0.15, 0.2) is 11.5 Å². The molecule has 6 nitrogen and oxygen atoms in total. The summed E-state index contributed by atoms with van der Waals surface area (Å²) in [7, 11) is 3.64. The number of nitrogens with zero attached hydrogens (tertiary/aromatic N) is 3. The molecule has 0 amide bonds. The molecular formula is C18H26Cl2N4O2. The summed E-state index contributed by atoms with van der Waals surface area (Å²) in [6.45, 7) is 6.09. The molecule has 0 aliphatic carbocycles. The number of hydrogen-bond donors (Lipinski definition) is 1. The van der Waals surface area contributed by atoms with Crippen LogP contribution in [-0.2, 0) is 13.6 Å². The second-order valence-electron chi connectivity index (χ2n) is 6.13. The summed E-state index contributed by atoms with van der Waals surface area (Å²) in [4.78, 5) is 6.96. The maximum Gasteiger partial charge on any atom is 0.179 e. The van der Waals surface area contributed by atoms with E-state index < -0.39 is 0 Å². The molecule has 1 saturated heterocycles. The average Bonchev–Trinajstić information content (AvgIpc) is 3.01. The number of piperazine rings is 1. The van der Waals surface area contributed by atoms with Gasteiger partial charge >= 0.3 is 0 Å². The number of aryl methyl sites for hydroxylation is 1. The fourth-order valence-corrected chi connectivity index (χ4v) is 3.61. The Labute approximate surface area is 165 Å². The van der Waals surface area contributed by atoms with Gasteiger partial charge in [-0.25, -0.2) is 4.98 Å². The van der Waals surface area contributed by atoms with Crippen molar-refractivity contribution in [3.8, 4) is 11.5 Å². The van der Waals surface area contributed by atoms with Gasteiger partial charge in [-0.1, -0.05) is 11.6 Å². The number of imidazole rings is 1. The summed E-state index contributed by atoms with van der Waals surface area (Å²) in [5.74, 6) is 2.35. The summed E-state index contributed by atoms with van der Waals surface area (Å²) in [6, 6.07) is 4.21. The molecule has 1 fully saturated rings. The Morgan fingerprint density at radius 3 is 2.85 bits per heavy atom. The summed E-state index contributed by atoms with van der Waals surface area (Å²) in [6.07, 6.45) is 3.83. The van der Waals surface area contributed by atoms with Crippen LogP contribution in [0.3, 0.4) is 0 Å². The number of benzene rings is 1. The van der Waals surface area contributed by atoms with Crippen LogP contribution in [0.25, 0.3) is 0 Å². The third-order valence-electron chi connectivity index (χ3n) is 4.47. The van der Waals surface area contributed by atoms with Crippen LogP contribution >= 0.6 is 24.0 Å². The first-order chi connectivity index (χ1) is 12.1. The molecule has 1 aromatic carbocycles. The van der Waals surface area contributed by atoms with E-state index in [1.54, 1.807) is 7.11 Å². The van der Waals surface area contributed by atoms with Gasteiger partial charge in [0.1, 0.15) is 5.82 Å². The van der Waals surface area contributed by atoms with Crippen LogP contribution in [0.4, 0.5) is 0 Å². The highest BCUT2D eigenvalue weighted by Crippen LogP contribution is 2.37. The van der Waals surface area contributed by atoms with Gasteiger partial charge in [-0.2, -0.15) is 0 Å². The minimum atomic E-state index is 0. The Balaban J connectivity index is 0.00000243. The number of halogens is 2. The van der Waals surface area contributed by atoms with E-state index in [1.807, 2.05) is 38.5 Å². The van der Waals surface area contributed by atoms with Gasteiger partial charge in [0, 0.05) is 45.6 Å². The van der Waals surface area contributed by atoms with Gasteiger partial charge in [-0.05, 0) is 24.6 Å². The third-order valence-corrected chi connectivity index (χ3v) is 4.75. The van der Waals surface area contributed by atoms with Gasteiger partial charge in [-0.3, -0.25) is 4.90 Å². The lowest BCUT2D eigenvalue weighted by Crippen LogP contribution is -2.46. The zero-order valence-corrected chi connectivity index (χ0v) is 16.9. The van der Waals surface area contributed by atoms with Gasteiger partial charge < -0.3 is 19.4 Å². The van der Waals surface area contributed by atoms with Crippen molar-refractivity contribution in [3.05, 3.63) is 40.9 Å². The molecule has 2 heterocycles. The number of aromatic nitrogens is 2. The van der Waals surface area contributed by atoms with Crippen LogP contribution in [0, 0.1) is 0 Å². The molecule has 1 N–H and O–H groups in total. The molecule has 144 valence electrons. The number of methoxy groups -OCH3 is 1. The van der Waals surface area contributed by atoms with Gasteiger partial charge in [0.25, 0.3) is 0 Å². The van der Waals surface area contributed by atoms with Gasteiger partial charge in [0.2, 0.25) is 0 Å². The van der Waals surface area contributed by atoms with E-state index in [0.717, 1.165) is 37.6 Å². The smallest absolute Gasteiger partial charge is 0.179 e. The van der Waals surface area contributed by atoms with Crippen molar-refractivity contribution >= 4 is 24.0 Å². The lowest BCUT2D eigenvalue weighted by Gasteiger charge is -2.35. The van der Waals surface area contributed by atoms with E-state index in [4.69, 9.17) is 21.1 Å². The molecule has 1 aliphatic heterocycles. The lowest BCUT2D eigenvalue weighted by atomic mass is 10.1. The Bertz CT molecular complexity index is 723. The maximum absolute atomic E-state index is 6.40. The zero-order chi connectivity index (χ0) is 17.8. The van der Waals surface area contributed by atoms with Crippen molar-refractivity contribution in [1.29, 1.82) is 0 Å². The normalized spacial score (nSPS) is 17.6. The van der Waals surface area contributed by atoms with Crippen LogP contribution < -0.4 is 14.8 Å². The molecular weight excluding hydrogens is 375 g/mol. The van der Waals surface area contributed by atoms with Crippen LogP contribution in [0.5, 0.6) is 11.5 Å². The Kier molecular flexibility index (Phi) is 7.58. The monoisotopic (exact) mass is 400 g/mol. The predicted octanol–water partition coefficient (Wildman–Crippen LogP) is 3.05. The first-order valence-corrected chi connectivity index (χ1v) is 8.93. The van der Waals surface area contributed by atoms with E-state index in [2.05, 4.69) is 19.8 Å². The predicted molar refractivity (Wildman–Crippen MR) is 106 cm³/mol. The molecule has 1 atom stereocenters. The van der Waals surface area contributed by atoms with E-state index in [9.17, 15) is 0 Å². The second kappa shape index (κ2) is 9.46. The topological polar surface area (TPSA) is 51.5 Å². The standard InChI is InChI=1S/C18H25ClN4O2.ClH/c1-4-25-16-10-13(9-14(19)17(16)24-3)12-23-8-5-20-11-15(23)18-21-6-7-22(18)2;/h6-7,9-10,15,20H,4-5,8,11-12H2,1-3H3;1H. The molecule has 1 aliphatic rings. The van der Waals surface area contributed by atoms with Crippen molar-refractivity contribution < 1.29 is 9.47 Å². The number of nitrogens with one attached hydrogen (secondary N) is 1. The van der Waals surface area contributed by atoms with E-state index in [1.165, 1.54) is 0 Å².